The standard InChI is InChI=1S/C11H10N2O.C11H8O5S/c12-13-11-9(7-14)6-5-8-3-1-2-4-10(8)11;12-11(13)8-5-7-3-1-2-4-9(7)10(6-8)17(14,15)16/h1-7,13H,12H2;1-6H,(H,12,13)(H,14,15,16). The molecule has 0 bridgehead atoms. The first kappa shape index (κ1) is 21.9. The van der Waals surface area contributed by atoms with Crippen LogP contribution >= 0.6 is 0 Å². The van der Waals surface area contributed by atoms with Crippen molar-refractivity contribution in [2.45, 2.75) is 4.90 Å². The highest BCUT2D eigenvalue weighted by Gasteiger charge is 2.17. The molecule has 0 spiro atoms. The molecule has 0 saturated carbocycles. The van der Waals surface area contributed by atoms with Gasteiger partial charge in [0, 0.05) is 16.3 Å². The summed E-state index contributed by atoms with van der Waals surface area (Å²) in [7, 11) is -4.45. The Balaban J connectivity index is 0.000000179. The van der Waals surface area contributed by atoms with E-state index < -0.39 is 21.0 Å². The number of carbonyl (C=O) groups is 2. The van der Waals surface area contributed by atoms with E-state index in [1.807, 2.05) is 30.3 Å². The summed E-state index contributed by atoms with van der Waals surface area (Å²) in [5, 5.41) is 11.6. The highest BCUT2D eigenvalue weighted by atomic mass is 32.2. The highest BCUT2D eigenvalue weighted by molar-refractivity contribution is 7.86. The fourth-order valence-electron chi connectivity index (χ4n) is 3.16. The van der Waals surface area contributed by atoms with Crippen LogP contribution in [0.4, 0.5) is 5.69 Å². The second kappa shape index (κ2) is 8.92. The van der Waals surface area contributed by atoms with E-state index in [0.717, 1.165) is 23.1 Å². The third-order valence-corrected chi connectivity index (χ3v) is 5.47. The molecule has 4 aromatic carbocycles. The van der Waals surface area contributed by atoms with Crippen molar-refractivity contribution in [2.24, 2.45) is 5.84 Å². The van der Waals surface area contributed by atoms with E-state index in [9.17, 15) is 18.0 Å². The van der Waals surface area contributed by atoms with Crippen LogP contribution in [0.15, 0.2) is 77.7 Å². The molecule has 9 heteroatoms. The molecule has 0 amide bonds. The van der Waals surface area contributed by atoms with Crippen LogP contribution in [0.5, 0.6) is 0 Å². The van der Waals surface area contributed by atoms with Gasteiger partial charge in [-0.15, -0.1) is 0 Å². The van der Waals surface area contributed by atoms with Gasteiger partial charge in [0.05, 0.1) is 11.3 Å². The summed E-state index contributed by atoms with van der Waals surface area (Å²) >= 11 is 0. The number of benzene rings is 4. The number of aromatic carboxylic acids is 1. The van der Waals surface area contributed by atoms with Crippen LogP contribution in [-0.4, -0.2) is 30.3 Å². The van der Waals surface area contributed by atoms with Crippen molar-refractivity contribution in [3.05, 3.63) is 83.9 Å². The number of aldehydes is 1. The lowest BCUT2D eigenvalue weighted by molar-refractivity contribution is 0.0696. The molecule has 4 aromatic rings. The van der Waals surface area contributed by atoms with E-state index in [1.54, 1.807) is 24.3 Å². The second-order valence-electron chi connectivity index (χ2n) is 6.49. The molecule has 0 fully saturated rings. The maximum atomic E-state index is 11.2. The zero-order valence-electron chi connectivity index (χ0n) is 16.0. The van der Waals surface area contributed by atoms with Gasteiger partial charge in [-0.25, -0.2) is 4.79 Å². The van der Waals surface area contributed by atoms with Gasteiger partial charge in [0.1, 0.15) is 4.90 Å². The average molecular weight is 438 g/mol. The summed E-state index contributed by atoms with van der Waals surface area (Å²) in [6.07, 6.45) is 0.793. The lowest BCUT2D eigenvalue weighted by Crippen LogP contribution is -2.09. The molecule has 0 radical (unpaired) electrons. The Hall–Kier alpha value is -3.79. The maximum absolute atomic E-state index is 11.2. The van der Waals surface area contributed by atoms with E-state index >= 15 is 0 Å². The molecule has 8 nitrogen and oxygen atoms in total. The SMILES string of the molecule is NNc1c(C=O)ccc2ccccc12.O=C(O)c1cc(S(=O)(=O)O)c2ccccc2c1. The van der Waals surface area contributed by atoms with Crippen LogP contribution in [0, 0.1) is 0 Å². The van der Waals surface area contributed by atoms with Crippen molar-refractivity contribution < 1.29 is 27.7 Å². The number of nitrogen functional groups attached to an aromatic ring is 1. The van der Waals surface area contributed by atoms with Crippen LogP contribution in [0.3, 0.4) is 0 Å². The van der Waals surface area contributed by atoms with Gasteiger partial charge in [-0.1, -0.05) is 54.6 Å². The number of hydrogen-bond donors (Lipinski definition) is 4. The number of rotatable bonds is 4. The van der Waals surface area contributed by atoms with E-state index in [4.69, 9.17) is 15.5 Å². The minimum absolute atomic E-state index is 0.184. The third-order valence-electron chi connectivity index (χ3n) is 4.58. The first-order valence-electron chi connectivity index (χ1n) is 8.93. The second-order valence-corrected chi connectivity index (χ2v) is 7.88. The van der Waals surface area contributed by atoms with Crippen molar-refractivity contribution in [1.29, 1.82) is 0 Å². The number of nitrogens with one attached hydrogen (secondary N) is 1. The summed E-state index contributed by atoms with van der Waals surface area (Å²) in [5.41, 5.74) is 3.63. The predicted octanol–water partition coefficient (Wildman–Crippen LogP) is 3.72. The van der Waals surface area contributed by atoms with Crippen molar-refractivity contribution in [3.8, 4) is 0 Å². The highest BCUT2D eigenvalue weighted by Crippen LogP contribution is 2.26. The summed E-state index contributed by atoms with van der Waals surface area (Å²) in [4.78, 5) is 21.2. The Morgan fingerprint density at radius 3 is 2.10 bits per heavy atom. The largest absolute Gasteiger partial charge is 0.478 e. The molecular weight excluding hydrogens is 420 g/mol. The van der Waals surface area contributed by atoms with Gasteiger partial charge in [-0.3, -0.25) is 15.2 Å². The summed E-state index contributed by atoms with van der Waals surface area (Å²) in [6, 6.07) is 20.1. The number of hydrazine groups is 1. The first-order chi connectivity index (χ1) is 14.8. The van der Waals surface area contributed by atoms with Gasteiger partial charge in [0.15, 0.2) is 6.29 Å². The zero-order valence-corrected chi connectivity index (χ0v) is 16.8. The number of nitrogens with two attached hydrogens (primary N) is 1. The van der Waals surface area contributed by atoms with E-state index in [2.05, 4.69) is 5.43 Å². The smallest absolute Gasteiger partial charge is 0.335 e. The van der Waals surface area contributed by atoms with Gasteiger partial charge >= 0.3 is 5.97 Å². The third kappa shape index (κ3) is 4.69. The fourth-order valence-corrected chi connectivity index (χ4v) is 3.90. The number of hydrogen-bond acceptors (Lipinski definition) is 6. The number of fused-ring (bicyclic) bond motifs is 2. The lowest BCUT2D eigenvalue weighted by Gasteiger charge is -2.07. The summed E-state index contributed by atoms with van der Waals surface area (Å²) < 4.78 is 31.4. The van der Waals surface area contributed by atoms with Crippen molar-refractivity contribution in [2.75, 3.05) is 5.43 Å². The molecule has 0 saturated heterocycles. The van der Waals surface area contributed by atoms with Crippen LogP contribution in [-0.2, 0) is 10.1 Å². The zero-order chi connectivity index (χ0) is 22.6. The van der Waals surface area contributed by atoms with E-state index in [-0.39, 0.29) is 5.56 Å². The Morgan fingerprint density at radius 2 is 1.52 bits per heavy atom. The van der Waals surface area contributed by atoms with Gasteiger partial charge in [-0.2, -0.15) is 8.42 Å². The molecule has 0 aliphatic rings. The van der Waals surface area contributed by atoms with Crippen molar-refractivity contribution in [1.82, 2.24) is 0 Å². The molecule has 158 valence electrons. The molecule has 0 aliphatic carbocycles. The number of carbonyl (C=O) groups excluding carboxylic acids is 1. The Labute approximate surface area is 177 Å². The number of carboxylic acids is 1. The van der Waals surface area contributed by atoms with E-state index in [1.165, 1.54) is 12.1 Å². The van der Waals surface area contributed by atoms with Crippen LogP contribution in [0.25, 0.3) is 21.5 Å². The first-order valence-corrected chi connectivity index (χ1v) is 10.4. The van der Waals surface area contributed by atoms with Gasteiger partial charge in [0.25, 0.3) is 10.1 Å². The van der Waals surface area contributed by atoms with Crippen molar-refractivity contribution >= 4 is 49.6 Å². The average Bonchev–Trinajstić information content (AvgIpc) is 2.77. The van der Waals surface area contributed by atoms with Gasteiger partial charge < -0.3 is 10.5 Å². The van der Waals surface area contributed by atoms with Gasteiger partial charge in [-0.05, 0) is 29.0 Å². The van der Waals surface area contributed by atoms with E-state index in [0.29, 0.717) is 22.0 Å². The predicted molar refractivity (Wildman–Crippen MR) is 118 cm³/mol. The van der Waals surface area contributed by atoms with Crippen LogP contribution < -0.4 is 11.3 Å². The molecular formula is C22H18N2O6S. The molecule has 0 atom stereocenters. The lowest BCUT2D eigenvalue weighted by atomic mass is 10.1. The normalized spacial score (nSPS) is 10.9. The summed E-state index contributed by atoms with van der Waals surface area (Å²) in [5.74, 6) is 4.13. The minimum atomic E-state index is -4.45. The minimum Gasteiger partial charge on any atom is -0.478 e. The molecule has 0 heterocycles. The summed E-state index contributed by atoms with van der Waals surface area (Å²) in [6.45, 7) is 0. The molecule has 5 N–H and O–H groups in total. The maximum Gasteiger partial charge on any atom is 0.335 e. The molecule has 0 unspecified atom stereocenters. The fraction of sp³-hybridized carbons (Fsp3) is 0. The molecule has 31 heavy (non-hydrogen) atoms. The Morgan fingerprint density at radius 1 is 0.903 bits per heavy atom. The Bertz CT molecular complexity index is 1400. The number of carboxylic acid groups (broad SMARTS) is 1. The quantitative estimate of drug-likeness (QED) is 0.163. The number of anilines is 1. The monoisotopic (exact) mass is 438 g/mol. The molecule has 0 aliphatic heterocycles. The van der Waals surface area contributed by atoms with Crippen LogP contribution in [0.2, 0.25) is 0 Å². The molecule has 0 aromatic heterocycles. The van der Waals surface area contributed by atoms with Crippen molar-refractivity contribution in [3.63, 3.8) is 0 Å². The Kier molecular flexibility index (Phi) is 6.30. The molecule has 4 rings (SSSR count). The van der Waals surface area contributed by atoms with Crippen LogP contribution in [0.1, 0.15) is 20.7 Å². The topological polar surface area (TPSA) is 147 Å². The van der Waals surface area contributed by atoms with Gasteiger partial charge in [0.2, 0.25) is 0 Å².